The Balaban J connectivity index is 2.02. The molecule has 0 aromatic carbocycles. The number of hydrogen-bond donors (Lipinski definition) is 0. The quantitative estimate of drug-likeness (QED) is 0.407. The largest absolute Gasteiger partial charge is 0.354 e. The monoisotopic (exact) mass is 212 g/mol. The number of aromatic nitrogens is 1. The van der Waals surface area contributed by atoms with Crippen LogP contribution in [0.4, 0.5) is 0 Å². The van der Waals surface area contributed by atoms with Crippen molar-refractivity contribution in [1.29, 1.82) is 0 Å². The van der Waals surface area contributed by atoms with Crippen molar-refractivity contribution in [1.82, 2.24) is 9.79 Å². The van der Waals surface area contributed by atoms with Crippen LogP contribution in [0.3, 0.4) is 0 Å². The first kappa shape index (κ1) is 11.1. The SMILES string of the molecule is [B]N(CC)CCCSc1nccs1. The molecule has 1 aromatic rings. The topological polar surface area (TPSA) is 16.1 Å². The van der Waals surface area contributed by atoms with Gasteiger partial charge in [0.2, 0.25) is 0 Å². The normalized spacial score (nSPS) is 10.9. The molecule has 0 saturated heterocycles. The average molecular weight is 212 g/mol. The van der Waals surface area contributed by atoms with Crippen LogP contribution < -0.4 is 0 Å². The van der Waals surface area contributed by atoms with E-state index in [1.807, 2.05) is 16.4 Å². The van der Waals surface area contributed by atoms with Gasteiger partial charge in [0.25, 0.3) is 0 Å². The Labute approximate surface area is 89.2 Å². The zero-order chi connectivity index (χ0) is 9.52. The van der Waals surface area contributed by atoms with E-state index in [9.17, 15) is 0 Å². The average Bonchev–Trinajstić information content (AvgIpc) is 2.64. The third-order valence-corrected chi connectivity index (χ3v) is 3.68. The minimum absolute atomic E-state index is 0.919. The molecule has 2 nitrogen and oxygen atoms in total. The van der Waals surface area contributed by atoms with E-state index in [1.54, 1.807) is 23.1 Å². The molecule has 5 heteroatoms. The Morgan fingerprint density at radius 2 is 2.54 bits per heavy atom. The number of rotatable bonds is 6. The van der Waals surface area contributed by atoms with Gasteiger partial charge in [0.05, 0.1) is 0 Å². The van der Waals surface area contributed by atoms with Gasteiger partial charge < -0.3 is 4.81 Å². The summed E-state index contributed by atoms with van der Waals surface area (Å²) < 4.78 is 1.15. The predicted octanol–water partition coefficient (Wildman–Crippen LogP) is 2.03. The van der Waals surface area contributed by atoms with Gasteiger partial charge in [-0.2, -0.15) is 0 Å². The van der Waals surface area contributed by atoms with E-state index in [2.05, 4.69) is 11.9 Å². The number of thioether (sulfide) groups is 1. The first-order valence-corrected chi connectivity index (χ1v) is 6.21. The highest BCUT2D eigenvalue weighted by Crippen LogP contribution is 2.20. The molecule has 0 atom stereocenters. The molecule has 1 rings (SSSR count). The lowest BCUT2D eigenvalue weighted by Crippen LogP contribution is -2.20. The van der Waals surface area contributed by atoms with Crippen LogP contribution in [0.1, 0.15) is 13.3 Å². The Morgan fingerprint density at radius 3 is 3.15 bits per heavy atom. The van der Waals surface area contributed by atoms with Crippen molar-refractivity contribution in [3.8, 4) is 0 Å². The van der Waals surface area contributed by atoms with Crippen molar-refractivity contribution in [2.75, 3.05) is 18.8 Å². The molecule has 0 spiro atoms. The summed E-state index contributed by atoms with van der Waals surface area (Å²) in [4.78, 5) is 6.03. The van der Waals surface area contributed by atoms with Crippen molar-refractivity contribution in [2.45, 2.75) is 17.7 Å². The predicted molar refractivity (Wildman–Crippen MR) is 60.5 cm³/mol. The molecule has 0 unspecified atom stereocenters. The van der Waals surface area contributed by atoms with Gasteiger partial charge in [-0.3, -0.25) is 0 Å². The van der Waals surface area contributed by atoms with Crippen LogP contribution in [-0.4, -0.2) is 36.6 Å². The first-order valence-electron chi connectivity index (χ1n) is 4.35. The van der Waals surface area contributed by atoms with E-state index in [0.717, 1.165) is 29.6 Å². The maximum Gasteiger partial charge on any atom is 0.182 e. The summed E-state index contributed by atoms with van der Waals surface area (Å²) in [5.74, 6) is 1.10. The lowest BCUT2D eigenvalue weighted by atomic mass is 10.3. The van der Waals surface area contributed by atoms with E-state index in [-0.39, 0.29) is 0 Å². The Hall–Kier alpha value is 0.00494. The van der Waals surface area contributed by atoms with E-state index in [1.165, 1.54) is 0 Å². The van der Waals surface area contributed by atoms with Gasteiger partial charge in [0.1, 0.15) is 4.34 Å². The molecule has 1 heterocycles. The summed E-state index contributed by atoms with van der Waals surface area (Å²) in [5.41, 5.74) is 0. The van der Waals surface area contributed by atoms with Crippen molar-refractivity contribution in [3.05, 3.63) is 11.6 Å². The smallest absolute Gasteiger partial charge is 0.182 e. The summed E-state index contributed by atoms with van der Waals surface area (Å²) in [6, 6.07) is 0. The Kier molecular flexibility index (Phi) is 5.50. The summed E-state index contributed by atoms with van der Waals surface area (Å²) in [6.45, 7) is 3.95. The van der Waals surface area contributed by atoms with Crippen LogP contribution in [-0.2, 0) is 0 Å². The van der Waals surface area contributed by atoms with E-state index >= 15 is 0 Å². The van der Waals surface area contributed by atoms with Gasteiger partial charge in [0, 0.05) is 17.3 Å². The fourth-order valence-corrected chi connectivity index (χ4v) is 2.50. The second-order valence-electron chi connectivity index (χ2n) is 2.63. The molecular weight excluding hydrogens is 199 g/mol. The van der Waals surface area contributed by atoms with Crippen molar-refractivity contribution in [3.63, 3.8) is 0 Å². The number of nitrogens with zero attached hydrogens (tertiary/aromatic N) is 2. The summed E-state index contributed by atoms with van der Waals surface area (Å²) in [7, 11) is 5.64. The highest BCUT2D eigenvalue weighted by atomic mass is 32.2. The molecule has 0 aliphatic carbocycles. The summed E-state index contributed by atoms with van der Waals surface area (Å²) in [6.07, 6.45) is 2.96. The van der Waals surface area contributed by atoms with Crippen LogP contribution in [0.25, 0.3) is 0 Å². The van der Waals surface area contributed by atoms with Gasteiger partial charge >= 0.3 is 0 Å². The first-order chi connectivity index (χ1) is 6.33. The van der Waals surface area contributed by atoms with E-state index in [4.69, 9.17) is 7.98 Å². The highest BCUT2D eigenvalue weighted by Gasteiger charge is 1.97. The van der Waals surface area contributed by atoms with Crippen LogP contribution in [0.5, 0.6) is 0 Å². The fourth-order valence-electron chi connectivity index (χ4n) is 0.867. The zero-order valence-electron chi connectivity index (χ0n) is 7.77. The molecule has 1 aromatic heterocycles. The molecule has 0 fully saturated rings. The summed E-state index contributed by atoms with van der Waals surface area (Å²) >= 11 is 3.50. The van der Waals surface area contributed by atoms with Gasteiger partial charge in [-0.25, -0.2) is 4.98 Å². The molecule has 13 heavy (non-hydrogen) atoms. The zero-order valence-corrected chi connectivity index (χ0v) is 9.40. The molecule has 2 radical (unpaired) electrons. The molecule has 0 N–H and O–H groups in total. The van der Waals surface area contributed by atoms with Crippen LogP contribution >= 0.6 is 23.1 Å². The lowest BCUT2D eigenvalue weighted by molar-refractivity contribution is 0.477. The van der Waals surface area contributed by atoms with Crippen LogP contribution in [0.2, 0.25) is 0 Å². The Morgan fingerprint density at radius 1 is 1.69 bits per heavy atom. The second kappa shape index (κ2) is 6.46. The summed E-state index contributed by atoms with van der Waals surface area (Å²) in [5, 5.41) is 2.00. The van der Waals surface area contributed by atoms with Gasteiger partial charge in [-0.1, -0.05) is 18.7 Å². The maximum atomic E-state index is 5.64. The molecule has 0 aliphatic rings. The molecule has 0 bridgehead atoms. The van der Waals surface area contributed by atoms with Crippen LogP contribution in [0.15, 0.2) is 15.9 Å². The molecule has 0 aliphatic heterocycles. The number of hydrogen-bond acceptors (Lipinski definition) is 4. The van der Waals surface area contributed by atoms with Crippen LogP contribution in [0, 0.1) is 0 Å². The fraction of sp³-hybridized carbons (Fsp3) is 0.625. The van der Waals surface area contributed by atoms with Crippen molar-refractivity contribution in [2.24, 2.45) is 0 Å². The van der Waals surface area contributed by atoms with Gasteiger partial charge in [-0.15, -0.1) is 11.3 Å². The molecular formula is C8H13BN2S2. The minimum Gasteiger partial charge on any atom is -0.354 e. The lowest BCUT2D eigenvalue weighted by Gasteiger charge is -2.12. The Bertz CT molecular complexity index is 216. The standard InChI is InChI=1S/C8H13BN2S2/c1-2-11(9)5-3-6-12-8-10-4-7-13-8/h4,7H,2-3,5-6H2,1H3. The van der Waals surface area contributed by atoms with Crippen molar-refractivity contribution < 1.29 is 0 Å². The second-order valence-corrected chi connectivity index (χ2v) is 4.87. The third-order valence-electron chi connectivity index (χ3n) is 1.63. The molecule has 70 valence electrons. The van der Waals surface area contributed by atoms with Crippen molar-refractivity contribution >= 4 is 31.1 Å². The molecule has 0 amide bonds. The maximum absolute atomic E-state index is 5.64. The highest BCUT2D eigenvalue weighted by molar-refractivity contribution is 8.00. The minimum atomic E-state index is 0.919. The number of thiazole rings is 1. The van der Waals surface area contributed by atoms with Gasteiger partial charge in [-0.05, 0) is 19.5 Å². The third kappa shape index (κ3) is 4.69. The van der Waals surface area contributed by atoms with E-state index < -0.39 is 0 Å². The molecule has 0 saturated carbocycles. The van der Waals surface area contributed by atoms with Gasteiger partial charge in [0.15, 0.2) is 7.98 Å². The van der Waals surface area contributed by atoms with E-state index in [0.29, 0.717) is 0 Å².